The molecule has 0 aliphatic carbocycles. The van der Waals surface area contributed by atoms with Crippen LogP contribution in [-0.2, 0) is 9.47 Å². The molecule has 0 aromatic rings. The van der Waals surface area contributed by atoms with Gasteiger partial charge >= 0.3 is 0 Å². The molecule has 0 saturated carbocycles. The number of nitrogens with zero attached hydrogens (tertiary/aromatic N) is 1. The summed E-state index contributed by atoms with van der Waals surface area (Å²) in [7, 11) is 0. The Morgan fingerprint density at radius 3 is 1.87 bits per heavy atom. The lowest BCUT2D eigenvalue weighted by atomic mass is 9.91. The molecular formula is C12H25NO2. The Morgan fingerprint density at radius 1 is 1.00 bits per heavy atom. The molecule has 0 amide bonds. The van der Waals surface area contributed by atoms with Crippen LogP contribution in [0.15, 0.2) is 0 Å². The van der Waals surface area contributed by atoms with Gasteiger partial charge in [0.25, 0.3) is 0 Å². The molecule has 0 bridgehead atoms. The van der Waals surface area contributed by atoms with E-state index in [4.69, 9.17) is 9.47 Å². The summed E-state index contributed by atoms with van der Waals surface area (Å²) in [5.41, 5.74) is 0.140. The summed E-state index contributed by atoms with van der Waals surface area (Å²) in [6.45, 7) is 15.4. The Bertz CT molecular complexity index is 190. The maximum Gasteiger partial charge on any atom is 0.162 e. The molecule has 1 heterocycles. The van der Waals surface area contributed by atoms with Crippen LogP contribution in [0.1, 0.15) is 34.6 Å². The van der Waals surface area contributed by atoms with E-state index in [-0.39, 0.29) is 5.41 Å². The van der Waals surface area contributed by atoms with Gasteiger partial charge in [-0.3, -0.25) is 0 Å². The third kappa shape index (κ3) is 3.74. The molecule has 0 radical (unpaired) electrons. The van der Waals surface area contributed by atoms with Crippen molar-refractivity contribution in [2.45, 2.75) is 40.4 Å². The van der Waals surface area contributed by atoms with Gasteiger partial charge in [-0.2, -0.15) is 0 Å². The van der Waals surface area contributed by atoms with Crippen molar-refractivity contribution in [2.75, 3.05) is 32.8 Å². The fraction of sp³-hybridized carbons (Fsp3) is 1.00. The third-order valence-corrected chi connectivity index (χ3v) is 3.04. The van der Waals surface area contributed by atoms with Crippen molar-refractivity contribution < 1.29 is 9.47 Å². The first-order valence-electron chi connectivity index (χ1n) is 5.91. The molecular weight excluding hydrogens is 190 g/mol. The van der Waals surface area contributed by atoms with Crippen LogP contribution in [-0.4, -0.2) is 43.5 Å². The Hall–Kier alpha value is -0.120. The molecule has 0 aromatic heterocycles. The van der Waals surface area contributed by atoms with E-state index in [1.165, 1.54) is 0 Å². The zero-order valence-electron chi connectivity index (χ0n) is 10.8. The summed E-state index contributed by atoms with van der Waals surface area (Å²) < 4.78 is 11.4. The molecule has 0 aromatic carbocycles. The van der Waals surface area contributed by atoms with E-state index in [1.807, 2.05) is 13.8 Å². The van der Waals surface area contributed by atoms with Gasteiger partial charge in [-0.25, -0.2) is 0 Å². The Kier molecular flexibility index (Phi) is 4.15. The van der Waals surface area contributed by atoms with Gasteiger partial charge < -0.3 is 14.4 Å². The van der Waals surface area contributed by atoms with Gasteiger partial charge in [-0.05, 0) is 26.9 Å². The molecule has 1 rings (SSSR count). The smallest absolute Gasteiger partial charge is 0.162 e. The molecule has 90 valence electrons. The van der Waals surface area contributed by atoms with Gasteiger partial charge in [0, 0.05) is 12.0 Å². The van der Waals surface area contributed by atoms with Crippen molar-refractivity contribution in [3.8, 4) is 0 Å². The van der Waals surface area contributed by atoms with E-state index in [1.54, 1.807) is 0 Å². The van der Waals surface area contributed by atoms with Crippen molar-refractivity contribution in [1.82, 2.24) is 4.90 Å². The van der Waals surface area contributed by atoms with Gasteiger partial charge in [0.2, 0.25) is 0 Å². The largest absolute Gasteiger partial charge is 0.350 e. The van der Waals surface area contributed by atoms with Crippen molar-refractivity contribution in [1.29, 1.82) is 0 Å². The maximum atomic E-state index is 5.72. The lowest BCUT2D eigenvalue weighted by Gasteiger charge is -2.43. The second-order valence-electron chi connectivity index (χ2n) is 5.25. The predicted molar refractivity (Wildman–Crippen MR) is 61.9 cm³/mol. The highest BCUT2D eigenvalue weighted by Crippen LogP contribution is 2.29. The fourth-order valence-electron chi connectivity index (χ4n) is 1.86. The first-order chi connectivity index (χ1) is 6.91. The van der Waals surface area contributed by atoms with E-state index in [0.717, 1.165) is 32.8 Å². The molecule has 0 atom stereocenters. The summed E-state index contributed by atoms with van der Waals surface area (Å²) in [5.74, 6) is -0.400. The maximum absolute atomic E-state index is 5.72. The zero-order valence-corrected chi connectivity index (χ0v) is 10.8. The average Bonchev–Trinajstić information content (AvgIpc) is 2.20. The third-order valence-electron chi connectivity index (χ3n) is 3.04. The van der Waals surface area contributed by atoms with Crippen molar-refractivity contribution in [3.63, 3.8) is 0 Å². The zero-order chi connectivity index (χ0) is 11.5. The highest BCUT2D eigenvalue weighted by Gasteiger charge is 2.37. The second kappa shape index (κ2) is 4.81. The summed E-state index contributed by atoms with van der Waals surface area (Å²) in [6.07, 6.45) is 0. The van der Waals surface area contributed by atoms with Crippen molar-refractivity contribution in [2.24, 2.45) is 5.41 Å². The molecule has 15 heavy (non-hydrogen) atoms. The summed E-state index contributed by atoms with van der Waals surface area (Å²) in [5, 5.41) is 0. The molecule has 1 saturated heterocycles. The topological polar surface area (TPSA) is 21.7 Å². The Morgan fingerprint density at radius 2 is 1.47 bits per heavy atom. The monoisotopic (exact) mass is 215 g/mol. The number of ether oxygens (including phenoxy) is 2. The molecule has 3 heteroatoms. The van der Waals surface area contributed by atoms with Crippen LogP contribution >= 0.6 is 0 Å². The van der Waals surface area contributed by atoms with Crippen LogP contribution in [0.25, 0.3) is 0 Å². The number of hydrogen-bond donors (Lipinski definition) is 0. The van der Waals surface area contributed by atoms with Crippen molar-refractivity contribution in [3.05, 3.63) is 0 Å². The second-order valence-corrected chi connectivity index (χ2v) is 5.25. The molecule has 1 fully saturated rings. The van der Waals surface area contributed by atoms with E-state index < -0.39 is 5.79 Å². The van der Waals surface area contributed by atoms with E-state index in [0.29, 0.717) is 0 Å². The van der Waals surface area contributed by atoms with Gasteiger partial charge in [-0.1, -0.05) is 20.8 Å². The van der Waals surface area contributed by atoms with Gasteiger partial charge in [0.1, 0.15) is 0 Å². The molecule has 0 unspecified atom stereocenters. The lowest BCUT2D eigenvalue weighted by molar-refractivity contribution is -0.284. The SMILES string of the molecule is CCN(CC)CC1(C)COC(C)(C)OC1. The van der Waals surface area contributed by atoms with Crippen LogP contribution in [0, 0.1) is 5.41 Å². The number of rotatable bonds is 4. The van der Waals surface area contributed by atoms with Crippen LogP contribution in [0.2, 0.25) is 0 Å². The first kappa shape index (κ1) is 12.9. The van der Waals surface area contributed by atoms with Gasteiger partial charge in [0.05, 0.1) is 13.2 Å². The normalized spacial score (nSPS) is 24.4. The first-order valence-corrected chi connectivity index (χ1v) is 5.91. The standard InChI is InChI=1S/C12H25NO2/c1-6-13(7-2)8-12(5)9-14-11(3,4)15-10-12/h6-10H2,1-5H3. The van der Waals surface area contributed by atoms with Crippen molar-refractivity contribution >= 4 is 0 Å². The van der Waals surface area contributed by atoms with Crippen LogP contribution in [0.5, 0.6) is 0 Å². The molecule has 3 nitrogen and oxygen atoms in total. The average molecular weight is 215 g/mol. The molecule has 1 aliphatic heterocycles. The van der Waals surface area contributed by atoms with Gasteiger partial charge in [0.15, 0.2) is 5.79 Å². The summed E-state index contributed by atoms with van der Waals surface area (Å²) in [6, 6.07) is 0. The summed E-state index contributed by atoms with van der Waals surface area (Å²) >= 11 is 0. The van der Waals surface area contributed by atoms with Crippen LogP contribution in [0.4, 0.5) is 0 Å². The minimum atomic E-state index is -0.400. The summed E-state index contributed by atoms with van der Waals surface area (Å²) in [4.78, 5) is 2.42. The van der Waals surface area contributed by atoms with Crippen LogP contribution in [0.3, 0.4) is 0 Å². The Balaban J connectivity index is 2.47. The van der Waals surface area contributed by atoms with E-state index in [2.05, 4.69) is 25.7 Å². The highest BCUT2D eigenvalue weighted by molar-refractivity contribution is 4.82. The Labute approximate surface area is 93.7 Å². The minimum absolute atomic E-state index is 0.140. The van der Waals surface area contributed by atoms with Gasteiger partial charge in [-0.15, -0.1) is 0 Å². The minimum Gasteiger partial charge on any atom is -0.350 e. The predicted octanol–water partition coefficient (Wildman–Crippen LogP) is 2.12. The lowest BCUT2D eigenvalue weighted by Crippen LogP contribution is -2.50. The fourth-order valence-corrected chi connectivity index (χ4v) is 1.86. The molecule has 0 spiro atoms. The van der Waals surface area contributed by atoms with E-state index >= 15 is 0 Å². The molecule has 1 aliphatic rings. The van der Waals surface area contributed by atoms with Crippen LogP contribution < -0.4 is 0 Å². The quantitative estimate of drug-likeness (QED) is 0.717. The highest BCUT2D eigenvalue weighted by atomic mass is 16.7. The van der Waals surface area contributed by atoms with E-state index in [9.17, 15) is 0 Å². The molecule has 0 N–H and O–H groups in total. The number of hydrogen-bond acceptors (Lipinski definition) is 3.